The van der Waals surface area contributed by atoms with Crippen molar-refractivity contribution in [1.29, 1.82) is 0 Å². The van der Waals surface area contributed by atoms with Crippen LogP contribution in [0.15, 0.2) is 0 Å². The van der Waals surface area contributed by atoms with Gasteiger partial charge in [0.2, 0.25) is 0 Å². The van der Waals surface area contributed by atoms with Gasteiger partial charge in [0.1, 0.15) is 9.55 Å². The predicted octanol–water partition coefficient (Wildman–Crippen LogP) is 2.17. The second kappa shape index (κ2) is 6.71. The lowest BCUT2D eigenvalue weighted by molar-refractivity contribution is 1.46. The second-order valence-corrected chi connectivity index (χ2v) is 10.5. The van der Waals surface area contributed by atoms with E-state index in [1.54, 1.807) is 0 Å². The zero-order valence-corrected chi connectivity index (χ0v) is 10.7. The summed E-state index contributed by atoms with van der Waals surface area (Å²) in [7, 11) is 0.778. The molecule has 0 amide bonds. The monoisotopic (exact) mass is 228 g/mol. The standard InChI is InChI=1S/C2H5Cl3Si.ClH3Si/c1-2-6(3,4)5;1-2/h2H2,1H3;2H3. The molecule has 0 heterocycles. The van der Waals surface area contributed by atoms with Gasteiger partial charge in [-0.25, -0.2) is 0 Å². The van der Waals surface area contributed by atoms with Crippen LogP contribution in [0.1, 0.15) is 6.92 Å². The molecule has 0 fully saturated rings. The van der Waals surface area contributed by atoms with Crippen LogP contribution in [0.4, 0.5) is 0 Å². The van der Waals surface area contributed by atoms with Gasteiger partial charge in [0.15, 0.2) is 0 Å². The van der Waals surface area contributed by atoms with Crippen LogP contribution in [-0.4, -0.2) is 15.6 Å². The van der Waals surface area contributed by atoms with E-state index in [1.807, 2.05) is 6.92 Å². The molecule has 0 N–H and O–H groups in total. The van der Waals surface area contributed by atoms with Crippen molar-refractivity contribution in [2.24, 2.45) is 0 Å². The number of hydrogen-bond acceptors (Lipinski definition) is 0. The Morgan fingerprint density at radius 1 is 1.25 bits per heavy atom. The molecule has 0 aromatic carbocycles. The minimum Gasteiger partial charge on any atom is -0.181 e. The topological polar surface area (TPSA) is 0 Å². The highest BCUT2D eigenvalue weighted by atomic mass is 35.8. The van der Waals surface area contributed by atoms with Gasteiger partial charge in [-0.15, -0.1) is 33.2 Å². The third kappa shape index (κ3) is 15.6. The van der Waals surface area contributed by atoms with E-state index in [0.29, 0.717) is 6.04 Å². The van der Waals surface area contributed by atoms with E-state index in [9.17, 15) is 0 Å². The zero-order valence-electron chi connectivity index (χ0n) is 4.72. The first kappa shape index (κ1) is 12.3. The average Bonchev–Trinajstić information content (AvgIpc) is 1.71. The summed E-state index contributed by atoms with van der Waals surface area (Å²) in [6.07, 6.45) is 0. The van der Waals surface area contributed by atoms with E-state index < -0.39 is 6.00 Å². The number of rotatable bonds is 1. The van der Waals surface area contributed by atoms with Gasteiger partial charge in [-0.05, 0) is 6.04 Å². The lowest BCUT2D eigenvalue weighted by atomic mass is 11.0. The van der Waals surface area contributed by atoms with E-state index in [0.717, 1.165) is 9.55 Å². The minimum absolute atomic E-state index is 0.706. The summed E-state index contributed by atoms with van der Waals surface area (Å²) in [6, 6.07) is -1.51. The van der Waals surface area contributed by atoms with Gasteiger partial charge in [-0.1, -0.05) is 6.92 Å². The van der Waals surface area contributed by atoms with Crippen molar-refractivity contribution in [3.05, 3.63) is 0 Å². The lowest BCUT2D eigenvalue weighted by Gasteiger charge is -1.98. The zero-order chi connectivity index (χ0) is 7.21. The van der Waals surface area contributed by atoms with Gasteiger partial charge in [-0.2, -0.15) is 11.1 Å². The molecule has 0 aliphatic heterocycles. The predicted molar refractivity (Wildman–Crippen MR) is 49.6 cm³/mol. The van der Waals surface area contributed by atoms with Crippen molar-refractivity contribution in [1.82, 2.24) is 0 Å². The molecule has 0 saturated heterocycles. The third-order valence-electron chi connectivity index (χ3n) is 0.401. The van der Waals surface area contributed by atoms with Crippen LogP contribution in [0.25, 0.3) is 0 Å². The van der Waals surface area contributed by atoms with Crippen molar-refractivity contribution < 1.29 is 0 Å². The molecule has 0 aromatic rings. The maximum Gasteiger partial charge on any atom is 0.341 e. The van der Waals surface area contributed by atoms with Gasteiger partial charge in [0.25, 0.3) is 0 Å². The Kier molecular flexibility index (Phi) is 10.3. The van der Waals surface area contributed by atoms with E-state index in [1.165, 1.54) is 0 Å². The summed E-state index contributed by atoms with van der Waals surface area (Å²) in [5, 5.41) is 0. The molecule has 8 heavy (non-hydrogen) atoms. The van der Waals surface area contributed by atoms with Gasteiger partial charge >= 0.3 is 6.00 Å². The van der Waals surface area contributed by atoms with Crippen LogP contribution in [0.5, 0.6) is 0 Å². The normalized spacial score (nSPS) is 10.1. The summed E-state index contributed by atoms with van der Waals surface area (Å²) >= 11 is 20.9. The van der Waals surface area contributed by atoms with Crippen molar-refractivity contribution in [3.8, 4) is 0 Å². The number of halogens is 4. The highest BCUT2D eigenvalue weighted by molar-refractivity contribution is 7.64. The maximum absolute atomic E-state index is 5.39. The molecular weight excluding hydrogens is 222 g/mol. The fraction of sp³-hybridized carbons (Fsp3) is 1.00. The first-order chi connectivity index (χ1) is 3.56. The van der Waals surface area contributed by atoms with Gasteiger partial charge in [-0.3, -0.25) is 0 Å². The Balaban J connectivity index is 0. The quantitative estimate of drug-likeness (QED) is 0.478. The van der Waals surface area contributed by atoms with Crippen molar-refractivity contribution in [2.45, 2.75) is 13.0 Å². The first-order valence-electron chi connectivity index (χ1n) is 2.01. The van der Waals surface area contributed by atoms with Crippen LogP contribution in [0.2, 0.25) is 6.04 Å². The van der Waals surface area contributed by atoms with Crippen molar-refractivity contribution >= 4 is 59.9 Å². The molecule has 0 unspecified atom stereocenters. The maximum atomic E-state index is 5.39. The SMILES string of the molecule is CC[Si](Cl)(Cl)Cl.[SiH3]Cl. The fourth-order valence-corrected chi connectivity index (χ4v) is 0. The van der Waals surface area contributed by atoms with Crippen molar-refractivity contribution in [2.75, 3.05) is 0 Å². The van der Waals surface area contributed by atoms with E-state index in [2.05, 4.69) is 0 Å². The van der Waals surface area contributed by atoms with Crippen LogP contribution in [0, 0.1) is 0 Å². The molecule has 0 aromatic heterocycles. The molecule has 0 spiro atoms. The minimum atomic E-state index is -2.21. The highest BCUT2D eigenvalue weighted by Crippen LogP contribution is 2.23. The Morgan fingerprint density at radius 2 is 1.38 bits per heavy atom. The molecule has 0 nitrogen and oxygen atoms in total. The molecule has 0 aliphatic rings. The molecule has 0 bridgehead atoms. The molecule has 0 aliphatic carbocycles. The molecule has 0 atom stereocenters. The van der Waals surface area contributed by atoms with Gasteiger partial charge < -0.3 is 0 Å². The fourth-order valence-electron chi connectivity index (χ4n) is 0. The average molecular weight is 230 g/mol. The summed E-state index contributed by atoms with van der Waals surface area (Å²) in [6.45, 7) is 1.87. The summed E-state index contributed by atoms with van der Waals surface area (Å²) < 4.78 is 0. The summed E-state index contributed by atoms with van der Waals surface area (Å²) in [5.74, 6) is 0. The molecule has 0 rings (SSSR count). The smallest absolute Gasteiger partial charge is 0.181 e. The van der Waals surface area contributed by atoms with E-state index in [4.69, 9.17) is 44.3 Å². The van der Waals surface area contributed by atoms with Crippen LogP contribution < -0.4 is 0 Å². The van der Waals surface area contributed by atoms with Crippen molar-refractivity contribution in [3.63, 3.8) is 0 Å². The van der Waals surface area contributed by atoms with E-state index in [-0.39, 0.29) is 0 Å². The Bertz CT molecular complexity index is 41.8. The van der Waals surface area contributed by atoms with E-state index >= 15 is 0 Å². The van der Waals surface area contributed by atoms with Gasteiger partial charge in [0.05, 0.1) is 0 Å². The summed E-state index contributed by atoms with van der Waals surface area (Å²) in [5.41, 5.74) is 0. The van der Waals surface area contributed by atoms with Gasteiger partial charge in [0, 0.05) is 0 Å². The Labute approximate surface area is 72.7 Å². The van der Waals surface area contributed by atoms with Crippen LogP contribution in [0.3, 0.4) is 0 Å². The molecule has 0 radical (unpaired) electrons. The molecule has 0 saturated carbocycles. The van der Waals surface area contributed by atoms with Crippen LogP contribution in [-0.2, 0) is 0 Å². The molecule has 52 valence electrons. The Morgan fingerprint density at radius 3 is 1.38 bits per heavy atom. The lowest BCUT2D eigenvalue weighted by Crippen LogP contribution is -2.04. The molecular formula is C2H8Cl4Si2. The summed E-state index contributed by atoms with van der Waals surface area (Å²) in [4.78, 5) is 0. The Hall–Kier alpha value is 1.59. The highest BCUT2D eigenvalue weighted by Gasteiger charge is 2.20. The third-order valence-corrected chi connectivity index (χ3v) is 3.61. The molecule has 6 heteroatoms. The number of hydrogen-bond donors (Lipinski definition) is 0. The largest absolute Gasteiger partial charge is 0.341 e. The first-order valence-corrected chi connectivity index (χ1v) is 10.3. The second-order valence-electron chi connectivity index (χ2n) is 0.969. The van der Waals surface area contributed by atoms with Crippen LogP contribution >= 0.6 is 44.3 Å².